The molecule has 0 atom stereocenters. The summed E-state index contributed by atoms with van der Waals surface area (Å²) in [7, 11) is 0. The van der Waals surface area contributed by atoms with Crippen molar-refractivity contribution in [3.05, 3.63) is 84.8 Å². The van der Waals surface area contributed by atoms with Gasteiger partial charge in [-0.1, -0.05) is 6.07 Å². The lowest BCUT2D eigenvalue weighted by atomic mass is 9.97. The molecule has 1 saturated heterocycles. The summed E-state index contributed by atoms with van der Waals surface area (Å²) in [5.74, 6) is 0.408. The molecule has 1 aliphatic heterocycles. The van der Waals surface area contributed by atoms with E-state index in [1.807, 2.05) is 30.9 Å². The Morgan fingerprint density at radius 3 is 2.47 bits per heavy atom. The average molecular weight is 534 g/mol. The van der Waals surface area contributed by atoms with Crippen molar-refractivity contribution in [3.8, 4) is 5.75 Å². The van der Waals surface area contributed by atoms with E-state index >= 15 is 0 Å². The van der Waals surface area contributed by atoms with Gasteiger partial charge in [-0.2, -0.15) is 0 Å². The zero-order chi connectivity index (χ0) is 26.8. The van der Waals surface area contributed by atoms with Crippen molar-refractivity contribution >= 4 is 39.6 Å². The molecule has 1 aliphatic rings. The number of nitrogens with zero attached hydrogens (tertiary/aromatic N) is 2. The van der Waals surface area contributed by atoms with Gasteiger partial charge in [-0.15, -0.1) is 11.3 Å². The summed E-state index contributed by atoms with van der Waals surface area (Å²) in [6.45, 7) is 5.11. The number of amides is 2. The van der Waals surface area contributed by atoms with Crippen molar-refractivity contribution in [2.75, 3.05) is 18.4 Å². The molecule has 11 heteroatoms. The van der Waals surface area contributed by atoms with E-state index in [0.29, 0.717) is 18.7 Å². The van der Waals surface area contributed by atoms with Crippen LogP contribution in [0.4, 0.5) is 5.69 Å². The summed E-state index contributed by atoms with van der Waals surface area (Å²) in [6, 6.07) is 11.9. The Balaban J connectivity index is 1.22. The van der Waals surface area contributed by atoms with Crippen molar-refractivity contribution in [1.82, 2.24) is 20.1 Å². The lowest BCUT2D eigenvalue weighted by molar-refractivity contribution is 0.0713. The van der Waals surface area contributed by atoms with Gasteiger partial charge in [0.15, 0.2) is 0 Å². The number of carbonyl (C=O) groups is 2. The van der Waals surface area contributed by atoms with E-state index in [2.05, 4.69) is 20.5 Å². The van der Waals surface area contributed by atoms with Gasteiger partial charge in [-0.05, 0) is 63.1 Å². The summed E-state index contributed by atoms with van der Waals surface area (Å²) in [6.07, 6.45) is 1.56. The standard InChI is InChI=1S/C27H27N5O5S/c1-15(2)37-18-8-6-17(7-9-18)27(36)32-12-10-16(11-13-32)26-29-21(14-38-26)24(34)28-20-5-3-4-19-22(20)25(35)31-30-23(19)33/h3-9,14-16H,10-13H2,1-2H3,(H,28,34)(H,30,33)(H,31,35). The molecule has 2 aromatic carbocycles. The molecule has 2 aromatic heterocycles. The Morgan fingerprint density at radius 1 is 1.05 bits per heavy atom. The van der Waals surface area contributed by atoms with Crippen LogP contribution in [0.5, 0.6) is 5.75 Å². The van der Waals surface area contributed by atoms with Gasteiger partial charge < -0.3 is 15.0 Å². The van der Waals surface area contributed by atoms with Crippen LogP contribution in [0, 0.1) is 0 Å². The fourth-order valence-electron chi connectivity index (χ4n) is 4.56. The number of thiazole rings is 1. The summed E-state index contributed by atoms with van der Waals surface area (Å²) in [5, 5.41) is 10.1. The lowest BCUT2D eigenvalue weighted by Crippen LogP contribution is -2.37. The van der Waals surface area contributed by atoms with Crippen LogP contribution < -0.4 is 21.2 Å². The number of H-pyrrole nitrogens is 2. The summed E-state index contributed by atoms with van der Waals surface area (Å²) >= 11 is 1.40. The second-order valence-corrected chi connectivity index (χ2v) is 10.3. The Labute approximate surface area is 221 Å². The Kier molecular flexibility index (Phi) is 7.10. The molecule has 0 unspecified atom stereocenters. The summed E-state index contributed by atoms with van der Waals surface area (Å²) in [4.78, 5) is 56.6. The average Bonchev–Trinajstić information content (AvgIpc) is 3.41. The van der Waals surface area contributed by atoms with E-state index < -0.39 is 17.0 Å². The molecule has 2 amide bonds. The van der Waals surface area contributed by atoms with Gasteiger partial charge in [0.1, 0.15) is 11.4 Å². The normalized spacial score (nSPS) is 14.1. The van der Waals surface area contributed by atoms with Crippen LogP contribution in [0.15, 0.2) is 57.4 Å². The molecule has 1 fully saturated rings. The number of carbonyl (C=O) groups excluding carboxylic acids is 2. The number of nitrogens with one attached hydrogen (secondary N) is 3. The molecular weight excluding hydrogens is 506 g/mol. The second kappa shape index (κ2) is 10.6. The number of anilines is 1. The minimum Gasteiger partial charge on any atom is -0.491 e. The molecule has 196 valence electrons. The number of hydrogen-bond donors (Lipinski definition) is 3. The highest BCUT2D eigenvalue weighted by atomic mass is 32.1. The first-order valence-corrected chi connectivity index (χ1v) is 13.2. The summed E-state index contributed by atoms with van der Waals surface area (Å²) < 4.78 is 5.65. The van der Waals surface area contributed by atoms with Crippen LogP contribution in [0.2, 0.25) is 0 Å². The zero-order valence-corrected chi connectivity index (χ0v) is 21.8. The molecule has 10 nitrogen and oxygen atoms in total. The Hall–Kier alpha value is -4.25. The monoisotopic (exact) mass is 533 g/mol. The molecule has 0 bridgehead atoms. The first-order valence-electron chi connectivity index (χ1n) is 12.4. The minimum atomic E-state index is -0.504. The fourth-order valence-corrected chi connectivity index (χ4v) is 5.53. The third kappa shape index (κ3) is 5.23. The van der Waals surface area contributed by atoms with Crippen LogP contribution in [0.3, 0.4) is 0 Å². The predicted molar refractivity (Wildman–Crippen MR) is 145 cm³/mol. The van der Waals surface area contributed by atoms with Crippen LogP contribution in [0.1, 0.15) is 58.5 Å². The van der Waals surface area contributed by atoms with Crippen molar-refractivity contribution < 1.29 is 14.3 Å². The molecule has 0 saturated carbocycles. The fraction of sp³-hybridized carbons (Fsp3) is 0.296. The van der Waals surface area contributed by atoms with Gasteiger partial charge in [-0.3, -0.25) is 29.4 Å². The molecule has 3 heterocycles. The molecular formula is C27H27N5O5S. The number of ether oxygens (including phenoxy) is 1. The SMILES string of the molecule is CC(C)Oc1ccc(C(=O)N2CCC(c3nc(C(=O)Nc4cccc5c(=O)[nH][nH]c(=O)c45)cs3)CC2)cc1. The zero-order valence-electron chi connectivity index (χ0n) is 20.9. The number of hydrogen-bond acceptors (Lipinski definition) is 7. The third-order valence-electron chi connectivity index (χ3n) is 6.43. The van der Waals surface area contributed by atoms with Gasteiger partial charge in [0.2, 0.25) is 0 Å². The van der Waals surface area contributed by atoms with Crippen LogP contribution in [-0.2, 0) is 0 Å². The molecule has 0 spiro atoms. The highest BCUT2D eigenvalue weighted by Gasteiger charge is 2.27. The van der Waals surface area contributed by atoms with Crippen molar-refractivity contribution in [2.45, 2.75) is 38.7 Å². The van der Waals surface area contributed by atoms with E-state index in [0.717, 1.165) is 23.6 Å². The molecule has 4 aromatic rings. The molecule has 3 N–H and O–H groups in total. The molecule has 38 heavy (non-hydrogen) atoms. The lowest BCUT2D eigenvalue weighted by Gasteiger charge is -2.31. The number of benzene rings is 2. The van der Waals surface area contributed by atoms with Crippen LogP contribution in [-0.4, -0.2) is 51.1 Å². The topological polar surface area (TPSA) is 137 Å². The molecule has 0 radical (unpaired) electrons. The number of aromatic amines is 2. The van der Waals surface area contributed by atoms with Crippen molar-refractivity contribution in [2.24, 2.45) is 0 Å². The number of rotatable bonds is 6. The minimum absolute atomic E-state index is 0.0114. The summed E-state index contributed by atoms with van der Waals surface area (Å²) in [5.41, 5.74) is 0.154. The van der Waals surface area contributed by atoms with E-state index in [9.17, 15) is 19.2 Å². The largest absolute Gasteiger partial charge is 0.491 e. The molecule has 0 aliphatic carbocycles. The van der Waals surface area contributed by atoms with Crippen LogP contribution >= 0.6 is 11.3 Å². The third-order valence-corrected chi connectivity index (χ3v) is 7.44. The highest BCUT2D eigenvalue weighted by Crippen LogP contribution is 2.31. The van der Waals surface area contributed by atoms with E-state index in [1.54, 1.807) is 29.6 Å². The number of aromatic nitrogens is 3. The first-order chi connectivity index (χ1) is 18.3. The Morgan fingerprint density at radius 2 is 1.76 bits per heavy atom. The highest BCUT2D eigenvalue weighted by molar-refractivity contribution is 7.10. The number of piperidine rings is 1. The number of likely N-dealkylation sites (tertiary alicyclic amines) is 1. The van der Waals surface area contributed by atoms with Crippen LogP contribution in [0.25, 0.3) is 10.8 Å². The van der Waals surface area contributed by atoms with E-state index in [-0.39, 0.29) is 40.1 Å². The van der Waals surface area contributed by atoms with E-state index in [4.69, 9.17) is 4.74 Å². The second-order valence-electron chi connectivity index (χ2n) is 9.42. The van der Waals surface area contributed by atoms with Crippen molar-refractivity contribution in [3.63, 3.8) is 0 Å². The first kappa shape index (κ1) is 25.4. The maximum Gasteiger partial charge on any atom is 0.275 e. The number of fused-ring (bicyclic) bond motifs is 1. The van der Waals surface area contributed by atoms with Gasteiger partial charge in [-0.25, -0.2) is 4.98 Å². The quantitative estimate of drug-likeness (QED) is 0.345. The van der Waals surface area contributed by atoms with Gasteiger partial charge in [0.05, 0.1) is 27.6 Å². The maximum atomic E-state index is 13.0. The molecule has 5 rings (SSSR count). The maximum absolute atomic E-state index is 13.0. The van der Waals surface area contributed by atoms with Gasteiger partial charge >= 0.3 is 0 Å². The predicted octanol–water partition coefficient (Wildman–Crippen LogP) is 3.73. The smallest absolute Gasteiger partial charge is 0.275 e. The van der Waals surface area contributed by atoms with E-state index in [1.165, 1.54) is 17.4 Å². The van der Waals surface area contributed by atoms with Gasteiger partial charge in [0.25, 0.3) is 22.9 Å². The van der Waals surface area contributed by atoms with Crippen molar-refractivity contribution in [1.29, 1.82) is 0 Å². The Bertz CT molecular complexity index is 1600. The van der Waals surface area contributed by atoms with Gasteiger partial charge in [0, 0.05) is 30.0 Å².